The van der Waals surface area contributed by atoms with Gasteiger partial charge in [-0.15, -0.1) is 0 Å². The molecule has 3 aromatic rings. The van der Waals surface area contributed by atoms with Gasteiger partial charge in [-0.3, -0.25) is 13.9 Å². The van der Waals surface area contributed by atoms with Crippen LogP contribution in [0.1, 0.15) is 44.6 Å². The van der Waals surface area contributed by atoms with Crippen molar-refractivity contribution < 1.29 is 22.7 Å². The number of halogens is 1. The van der Waals surface area contributed by atoms with Gasteiger partial charge >= 0.3 is 0 Å². The molecule has 1 aliphatic rings. The van der Waals surface area contributed by atoms with Crippen LogP contribution in [0.2, 0.25) is 5.02 Å². The first-order chi connectivity index (χ1) is 19.7. The fraction of sp³-hybridized carbons (Fsp3) is 0.355. The molecular formula is C31H36ClN3O5S. The fourth-order valence-corrected chi connectivity index (χ4v) is 6.72. The van der Waals surface area contributed by atoms with Crippen molar-refractivity contribution in [1.29, 1.82) is 0 Å². The molecule has 10 heteroatoms. The number of methoxy groups -OCH3 is 1. The van der Waals surface area contributed by atoms with Crippen molar-refractivity contribution in [2.24, 2.45) is 0 Å². The molecule has 0 aromatic heterocycles. The summed E-state index contributed by atoms with van der Waals surface area (Å²) in [5.74, 6) is -0.220. The van der Waals surface area contributed by atoms with Crippen molar-refractivity contribution in [1.82, 2.24) is 10.2 Å². The second-order valence-electron chi connectivity index (χ2n) is 10.0. The number of carbonyl (C=O) groups excluding carboxylic acids is 2. The van der Waals surface area contributed by atoms with Gasteiger partial charge < -0.3 is 15.0 Å². The molecule has 4 rings (SSSR count). The number of nitrogens with zero attached hydrogens (tertiary/aromatic N) is 2. The lowest BCUT2D eigenvalue weighted by Crippen LogP contribution is -2.53. The molecule has 0 aliphatic heterocycles. The quantitative estimate of drug-likeness (QED) is 0.301. The number of hydrogen-bond acceptors (Lipinski definition) is 5. The molecule has 1 aliphatic carbocycles. The molecular weight excluding hydrogens is 562 g/mol. The smallest absolute Gasteiger partial charge is 0.264 e. The standard InChI is InChI=1S/C31H36ClN3O5S/c1-3-29(31(37)33-24-12-8-9-13-24)34(21-23-11-7-10-16-28(23)32)30(36)22-35(25-17-19-26(40-2)20-18-25)41(38,39)27-14-5-4-6-15-27/h4-7,10-11,14-20,24,29H,3,8-9,12-13,21-22H2,1-2H3,(H,33,37)/t29-/m1/s1. The largest absolute Gasteiger partial charge is 0.497 e. The van der Waals surface area contributed by atoms with E-state index in [0.29, 0.717) is 28.4 Å². The molecule has 8 nitrogen and oxygen atoms in total. The number of amides is 2. The fourth-order valence-electron chi connectivity index (χ4n) is 5.09. The Morgan fingerprint density at radius 3 is 2.22 bits per heavy atom. The van der Waals surface area contributed by atoms with E-state index < -0.39 is 28.5 Å². The van der Waals surface area contributed by atoms with Crippen LogP contribution < -0.4 is 14.4 Å². The maximum atomic E-state index is 14.2. The first-order valence-electron chi connectivity index (χ1n) is 13.8. The Bertz CT molecular complexity index is 1430. The van der Waals surface area contributed by atoms with Crippen molar-refractivity contribution in [3.05, 3.63) is 89.4 Å². The predicted octanol–water partition coefficient (Wildman–Crippen LogP) is 5.41. The average molecular weight is 598 g/mol. The van der Waals surface area contributed by atoms with Crippen molar-refractivity contribution in [3.8, 4) is 5.75 Å². The first kappa shape index (κ1) is 30.4. The van der Waals surface area contributed by atoms with E-state index in [1.165, 1.54) is 24.1 Å². The number of benzene rings is 3. The van der Waals surface area contributed by atoms with Crippen LogP contribution in [0.3, 0.4) is 0 Å². The lowest BCUT2D eigenvalue weighted by molar-refractivity contribution is -0.140. The highest BCUT2D eigenvalue weighted by Crippen LogP contribution is 2.27. The van der Waals surface area contributed by atoms with E-state index in [1.807, 2.05) is 13.0 Å². The second kappa shape index (κ2) is 13.9. The highest BCUT2D eigenvalue weighted by atomic mass is 35.5. The predicted molar refractivity (Wildman–Crippen MR) is 160 cm³/mol. The van der Waals surface area contributed by atoms with Gasteiger partial charge in [0.15, 0.2) is 0 Å². The minimum Gasteiger partial charge on any atom is -0.497 e. The van der Waals surface area contributed by atoms with E-state index in [4.69, 9.17) is 16.3 Å². The third-order valence-corrected chi connectivity index (χ3v) is 9.51. The SMILES string of the molecule is CC[C@H](C(=O)NC1CCCC1)N(Cc1ccccc1Cl)C(=O)CN(c1ccc(OC)cc1)S(=O)(=O)c1ccccc1. The minimum absolute atomic E-state index is 0.0484. The van der Waals surface area contributed by atoms with Gasteiger partial charge in [0.25, 0.3) is 10.0 Å². The van der Waals surface area contributed by atoms with Gasteiger partial charge in [-0.05, 0) is 67.3 Å². The van der Waals surface area contributed by atoms with E-state index in [9.17, 15) is 18.0 Å². The Kier molecular flexibility index (Phi) is 10.3. The number of carbonyl (C=O) groups is 2. The normalized spacial score (nSPS) is 14.3. The van der Waals surface area contributed by atoms with Gasteiger partial charge in [-0.1, -0.05) is 67.8 Å². The molecule has 2 amide bonds. The summed E-state index contributed by atoms with van der Waals surface area (Å²) in [7, 11) is -2.62. The number of nitrogens with one attached hydrogen (secondary N) is 1. The molecule has 1 N–H and O–H groups in total. The van der Waals surface area contributed by atoms with Crippen LogP contribution in [0.5, 0.6) is 5.75 Å². The topological polar surface area (TPSA) is 96.0 Å². The summed E-state index contributed by atoms with van der Waals surface area (Å²) < 4.78 is 34.1. The van der Waals surface area contributed by atoms with Gasteiger partial charge in [-0.2, -0.15) is 0 Å². The molecule has 3 aromatic carbocycles. The van der Waals surface area contributed by atoms with Crippen LogP contribution in [0.25, 0.3) is 0 Å². The van der Waals surface area contributed by atoms with Crippen molar-refractivity contribution in [3.63, 3.8) is 0 Å². The Morgan fingerprint density at radius 1 is 0.976 bits per heavy atom. The van der Waals surface area contributed by atoms with E-state index in [2.05, 4.69) is 5.32 Å². The lowest BCUT2D eigenvalue weighted by Gasteiger charge is -2.34. The average Bonchev–Trinajstić information content (AvgIpc) is 3.50. The second-order valence-corrected chi connectivity index (χ2v) is 12.3. The number of ether oxygens (including phenoxy) is 1. The number of hydrogen-bond donors (Lipinski definition) is 1. The third kappa shape index (κ3) is 7.40. The van der Waals surface area contributed by atoms with E-state index in [0.717, 1.165) is 30.0 Å². The van der Waals surface area contributed by atoms with Gasteiger partial charge in [0.1, 0.15) is 18.3 Å². The van der Waals surface area contributed by atoms with Gasteiger partial charge in [-0.25, -0.2) is 8.42 Å². The summed E-state index contributed by atoms with van der Waals surface area (Å²) in [6.45, 7) is 1.38. The molecule has 1 fully saturated rings. The van der Waals surface area contributed by atoms with Gasteiger partial charge in [0.2, 0.25) is 11.8 Å². The number of anilines is 1. The van der Waals surface area contributed by atoms with E-state index in [-0.39, 0.29) is 23.4 Å². The third-order valence-electron chi connectivity index (χ3n) is 7.36. The Morgan fingerprint density at radius 2 is 1.61 bits per heavy atom. The zero-order valence-corrected chi connectivity index (χ0v) is 24.9. The summed E-state index contributed by atoms with van der Waals surface area (Å²) in [5, 5.41) is 3.57. The molecule has 1 saturated carbocycles. The first-order valence-corrected chi connectivity index (χ1v) is 15.6. The summed E-state index contributed by atoms with van der Waals surface area (Å²) in [6, 6.07) is 20.8. The Balaban J connectivity index is 1.71. The van der Waals surface area contributed by atoms with Crippen LogP contribution in [-0.2, 0) is 26.2 Å². The van der Waals surface area contributed by atoms with Crippen LogP contribution in [0.15, 0.2) is 83.8 Å². The van der Waals surface area contributed by atoms with Crippen LogP contribution in [0, 0.1) is 0 Å². The molecule has 0 unspecified atom stereocenters. The van der Waals surface area contributed by atoms with Gasteiger partial charge in [0, 0.05) is 17.6 Å². The highest BCUT2D eigenvalue weighted by Gasteiger charge is 2.34. The van der Waals surface area contributed by atoms with Crippen LogP contribution in [-0.4, -0.2) is 50.9 Å². The Hall–Kier alpha value is -3.56. The summed E-state index contributed by atoms with van der Waals surface area (Å²) in [4.78, 5) is 29.2. The monoisotopic (exact) mass is 597 g/mol. The zero-order chi connectivity index (χ0) is 29.4. The maximum Gasteiger partial charge on any atom is 0.264 e. The molecule has 41 heavy (non-hydrogen) atoms. The minimum atomic E-state index is -4.14. The van der Waals surface area contributed by atoms with Crippen molar-refractivity contribution >= 4 is 39.1 Å². The summed E-state index contributed by atoms with van der Waals surface area (Å²) in [5.41, 5.74) is 0.959. The molecule has 0 spiro atoms. The van der Waals surface area contributed by atoms with Crippen LogP contribution in [0.4, 0.5) is 5.69 Å². The lowest BCUT2D eigenvalue weighted by atomic mass is 10.1. The molecule has 0 bridgehead atoms. The Labute approximate surface area is 247 Å². The zero-order valence-electron chi connectivity index (χ0n) is 23.3. The molecule has 0 saturated heterocycles. The molecule has 0 radical (unpaired) electrons. The molecule has 1 atom stereocenters. The summed E-state index contributed by atoms with van der Waals surface area (Å²) in [6.07, 6.45) is 4.27. The van der Waals surface area contributed by atoms with Gasteiger partial charge in [0.05, 0.1) is 17.7 Å². The van der Waals surface area contributed by atoms with E-state index >= 15 is 0 Å². The number of sulfonamides is 1. The van der Waals surface area contributed by atoms with Crippen molar-refractivity contribution in [2.75, 3.05) is 18.0 Å². The highest BCUT2D eigenvalue weighted by molar-refractivity contribution is 7.92. The van der Waals surface area contributed by atoms with Crippen molar-refractivity contribution in [2.45, 2.75) is 62.6 Å². The maximum absolute atomic E-state index is 14.2. The number of rotatable bonds is 12. The molecule has 218 valence electrons. The van der Waals surface area contributed by atoms with E-state index in [1.54, 1.807) is 60.7 Å². The van der Waals surface area contributed by atoms with Crippen LogP contribution >= 0.6 is 11.6 Å². The molecule has 0 heterocycles. The summed E-state index contributed by atoms with van der Waals surface area (Å²) >= 11 is 6.46.